The molecule has 7 nitrogen and oxygen atoms in total. The van der Waals surface area contributed by atoms with Crippen LogP contribution in [0.4, 0.5) is 0 Å². The van der Waals surface area contributed by atoms with Crippen molar-refractivity contribution in [1.29, 1.82) is 0 Å². The highest BCUT2D eigenvalue weighted by molar-refractivity contribution is 5.95. The summed E-state index contributed by atoms with van der Waals surface area (Å²) >= 11 is 0. The number of aromatic nitrogens is 3. The minimum absolute atomic E-state index is 0.0428. The summed E-state index contributed by atoms with van der Waals surface area (Å²) in [6.45, 7) is 3.89. The van der Waals surface area contributed by atoms with Crippen molar-refractivity contribution in [2.45, 2.75) is 38.6 Å². The second-order valence-electron chi connectivity index (χ2n) is 4.60. The Kier molecular flexibility index (Phi) is 3.06. The van der Waals surface area contributed by atoms with E-state index in [0.717, 1.165) is 0 Å². The molecule has 0 radical (unpaired) electrons. The van der Waals surface area contributed by atoms with Crippen molar-refractivity contribution in [3.05, 3.63) is 11.6 Å². The molecular formula is C11H16N4O3. The molecule has 1 aromatic heterocycles. The summed E-state index contributed by atoms with van der Waals surface area (Å²) in [5, 5.41) is 15.7. The number of likely N-dealkylation sites (tertiary alicyclic amines) is 1. The molecule has 1 aromatic rings. The number of carbonyl (C=O) groups excluding carboxylic acids is 1. The maximum Gasteiger partial charge on any atom is 0.329 e. The number of hydrogen-bond donors (Lipinski definition) is 2. The number of carbonyl (C=O) groups is 2. The predicted molar refractivity (Wildman–Crippen MR) is 62.1 cm³/mol. The first-order valence-corrected chi connectivity index (χ1v) is 5.95. The molecule has 1 atom stereocenters. The Hall–Kier alpha value is -1.92. The van der Waals surface area contributed by atoms with E-state index in [2.05, 4.69) is 15.2 Å². The van der Waals surface area contributed by atoms with Crippen LogP contribution in [0.3, 0.4) is 0 Å². The third-order valence-corrected chi connectivity index (χ3v) is 3.40. The number of carboxylic acids is 1. The fourth-order valence-electron chi connectivity index (χ4n) is 2.18. The number of aromatic amines is 1. The molecule has 1 aliphatic rings. The molecule has 18 heavy (non-hydrogen) atoms. The highest BCUT2D eigenvalue weighted by Gasteiger charge is 2.46. The van der Waals surface area contributed by atoms with Crippen molar-refractivity contribution in [2.75, 3.05) is 6.54 Å². The highest BCUT2D eigenvalue weighted by Crippen LogP contribution is 2.30. The molecule has 2 N–H and O–H groups in total. The number of aryl methyl sites for hydroxylation is 1. The average molecular weight is 252 g/mol. The standard InChI is InChI=1S/C11H16N4O3/c1-3-7-12-8(14-13-7)9(16)15-6-4-5-11(15,2)10(17)18/h3-6H2,1-2H3,(H,17,18)(H,12,13,14). The van der Waals surface area contributed by atoms with Crippen LogP contribution in [-0.4, -0.2) is 49.1 Å². The molecule has 0 aliphatic carbocycles. The van der Waals surface area contributed by atoms with Crippen LogP contribution in [-0.2, 0) is 11.2 Å². The Morgan fingerprint density at radius 2 is 2.28 bits per heavy atom. The van der Waals surface area contributed by atoms with Crippen LogP contribution in [0.2, 0.25) is 0 Å². The largest absolute Gasteiger partial charge is 0.480 e. The van der Waals surface area contributed by atoms with Crippen molar-refractivity contribution in [3.8, 4) is 0 Å². The number of nitrogens with zero attached hydrogens (tertiary/aromatic N) is 3. The van der Waals surface area contributed by atoms with E-state index >= 15 is 0 Å². The summed E-state index contributed by atoms with van der Waals surface area (Å²) in [5.41, 5.74) is -1.15. The molecule has 1 unspecified atom stereocenters. The second kappa shape index (κ2) is 4.40. The SMILES string of the molecule is CCc1nc(C(=O)N2CCCC2(C)C(=O)O)n[nH]1. The number of nitrogens with one attached hydrogen (secondary N) is 1. The number of hydrogen-bond acceptors (Lipinski definition) is 4. The molecule has 0 saturated carbocycles. The quantitative estimate of drug-likeness (QED) is 0.813. The monoisotopic (exact) mass is 252 g/mol. The van der Waals surface area contributed by atoms with E-state index in [0.29, 0.717) is 31.6 Å². The number of aliphatic carboxylic acids is 1. The van der Waals surface area contributed by atoms with Crippen LogP contribution in [0.25, 0.3) is 0 Å². The summed E-state index contributed by atoms with van der Waals surface area (Å²) in [7, 11) is 0. The predicted octanol–water partition coefficient (Wildman–Crippen LogP) is 0.446. The van der Waals surface area contributed by atoms with E-state index in [9.17, 15) is 14.7 Å². The van der Waals surface area contributed by atoms with Crippen LogP contribution in [0.5, 0.6) is 0 Å². The molecule has 1 saturated heterocycles. The van der Waals surface area contributed by atoms with Crippen molar-refractivity contribution >= 4 is 11.9 Å². The third-order valence-electron chi connectivity index (χ3n) is 3.40. The maximum atomic E-state index is 12.2. The van der Waals surface area contributed by atoms with Gasteiger partial charge in [0.2, 0.25) is 5.82 Å². The van der Waals surface area contributed by atoms with Gasteiger partial charge >= 0.3 is 5.97 Å². The van der Waals surface area contributed by atoms with Gasteiger partial charge in [-0.3, -0.25) is 9.89 Å². The summed E-state index contributed by atoms with van der Waals surface area (Å²) in [6, 6.07) is 0. The van der Waals surface area contributed by atoms with Gasteiger partial charge in [0.25, 0.3) is 5.91 Å². The smallest absolute Gasteiger partial charge is 0.329 e. The molecule has 2 heterocycles. The van der Waals surface area contributed by atoms with Crippen molar-refractivity contribution < 1.29 is 14.7 Å². The Labute approximate surface area is 104 Å². The number of amides is 1. The first-order chi connectivity index (χ1) is 8.49. The molecule has 1 aliphatic heterocycles. The molecular weight excluding hydrogens is 236 g/mol. The normalized spacial score (nSPS) is 23.3. The first-order valence-electron chi connectivity index (χ1n) is 5.95. The lowest BCUT2D eigenvalue weighted by Gasteiger charge is -2.30. The van der Waals surface area contributed by atoms with E-state index < -0.39 is 17.4 Å². The third kappa shape index (κ3) is 1.85. The molecule has 98 valence electrons. The Morgan fingerprint density at radius 3 is 2.83 bits per heavy atom. The summed E-state index contributed by atoms with van der Waals surface area (Å²) in [4.78, 5) is 28.9. The van der Waals surface area contributed by atoms with E-state index in [-0.39, 0.29) is 5.82 Å². The Morgan fingerprint density at radius 1 is 1.56 bits per heavy atom. The fraction of sp³-hybridized carbons (Fsp3) is 0.636. The van der Waals surface area contributed by atoms with E-state index in [4.69, 9.17) is 0 Å². The van der Waals surface area contributed by atoms with Crippen molar-refractivity contribution in [1.82, 2.24) is 20.1 Å². The zero-order valence-electron chi connectivity index (χ0n) is 10.4. The van der Waals surface area contributed by atoms with Gasteiger partial charge in [0.05, 0.1) is 0 Å². The van der Waals surface area contributed by atoms with Gasteiger partial charge in [0, 0.05) is 13.0 Å². The second-order valence-corrected chi connectivity index (χ2v) is 4.60. The molecule has 0 spiro atoms. The van der Waals surface area contributed by atoms with Gasteiger partial charge in [-0.1, -0.05) is 6.92 Å². The summed E-state index contributed by atoms with van der Waals surface area (Å²) in [6.07, 6.45) is 1.79. The lowest BCUT2D eigenvalue weighted by Crippen LogP contribution is -2.51. The van der Waals surface area contributed by atoms with Crippen LogP contribution in [0.15, 0.2) is 0 Å². The van der Waals surface area contributed by atoms with Gasteiger partial charge in [-0.15, -0.1) is 5.10 Å². The number of H-pyrrole nitrogens is 1. The van der Waals surface area contributed by atoms with Gasteiger partial charge in [-0.05, 0) is 19.8 Å². The lowest BCUT2D eigenvalue weighted by molar-refractivity contribution is -0.147. The molecule has 0 bridgehead atoms. The van der Waals surface area contributed by atoms with Crippen LogP contribution >= 0.6 is 0 Å². The molecule has 7 heteroatoms. The van der Waals surface area contributed by atoms with E-state index in [1.54, 1.807) is 6.92 Å². The van der Waals surface area contributed by atoms with Crippen molar-refractivity contribution in [3.63, 3.8) is 0 Å². The summed E-state index contributed by atoms with van der Waals surface area (Å²) < 4.78 is 0. The minimum atomic E-state index is -1.15. The lowest BCUT2D eigenvalue weighted by atomic mass is 9.99. The minimum Gasteiger partial charge on any atom is -0.480 e. The fourth-order valence-corrected chi connectivity index (χ4v) is 2.18. The molecule has 2 rings (SSSR count). The van der Waals surface area contributed by atoms with Gasteiger partial charge < -0.3 is 10.0 Å². The van der Waals surface area contributed by atoms with Gasteiger partial charge in [0.1, 0.15) is 11.4 Å². The Bertz CT molecular complexity index is 484. The molecule has 0 aromatic carbocycles. The Balaban J connectivity index is 2.25. The van der Waals surface area contributed by atoms with Crippen LogP contribution in [0.1, 0.15) is 43.1 Å². The van der Waals surface area contributed by atoms with Crippen LogP contribution in [0, 0.1) is 0 Å². The topological polar surface area (TPSA) is 99.2 Å². The zero-order valence-corrected chi connectivity index (χ0v) is 10.4. The van der Waals surface area contributed by atoms with E-state index in [1.807, 2.05) is 6.92 Å². The van der Waals surface area contributed by atoms with Crippen LogP contribution < -0.4 is 0 Å². The van der Waals surface area contributed by atoms with E-state index in [1.165, 1.54) is 4.90 Å². The van der Waals surface area contributed by atoms with Gasteiger partial charge in [-0.2, -0.15) is 0 Å². The maximum absolute atomic E-state index is 12.2. The molecule has 1 fully saturated rings. The highest BCUT2D eigenvalue weighted by atomic mass is 16.4. The summed E-state index contributed by atoms with van der Waals surface area (Å²) in [5.74, 6) is -0.747. The first kappa shape index (κ1) is 12.5. The average Bonchev–Trinajstić information content (AvgIpc) is 2.95. The zero-order chi connectivity index (χ0) is 13.3. The van der Waals surface area contributed by atoms with Crippen molar-refractivity contribution in [2.24, 2.45) is 0 Å². The number of rotatable bonds is 3. The number of carboxylic acid groups (broad SMARTS) is 1. The van der Waals surface area contributed by atoms with Gasteiger partial charge in [-0.25, -0.2) is 9.78 Å². The van der Waals surface area contributed by atoms with Gasteiger partial charge in [0.15, 0.2) is 0 Å². The molecule has 1 amide bonds.